The van der Waals surface area contributed by atoms with Gasteiger partial charge < -0.3 is 4.90 Å². The van der Waals surface area contributed by atoms with Crippen molar-refractivity contribution >= 4 is 32.7 Å². The summed E-state index contributed by atoms with van der Waals surface area (Å²) in [5.41, 5.74) is 9.64. The van der Waals surface area contributed by atoms with Crippen LogP contribution in [0.25, 0.3) is 16.7 Å². The zero-order chi connectivity index (χ0) is 21.6. The maximum Gasteiger partial charge on any atom is 0.147 e. The van der Waals surface area contributed by atoms with Gasteiger partial charge in [0.25, 0.3) is 0 Å². The first-order valence-corrected chi connectivity index (χ1v) is 11.5. The number of hydrogen-bond acceptors (Lipinski definition) is 3. The SMILES string of the molecule is Cc1cc(N2CCC(CC#N)CC2)c2c(C)c(C)n(-c3c(C)cc(Br)cc3C)c2n1. The summed E-state index contributed by atoms with van der Waals surface area (Å²) >= 11 is 3.63. The Morgan fingerprint density at radius 3 is 2.30 bits per heavy atom. The summed E-state index contributed by atoms with van der Waals surface area (Å²) in [5.74, 6) is 0.533. The molecule has 3 aromatic rings. The molecule has 30 heavy (non-hydrogen) atoms. The number of nitrogens with zero attached hydrogens (tertiary/aromatic N) is 4. The molecule has 0 aliphatic carbocycles. The quantitative estimate of drug-likeness (QED) is 0.446. The van der Waals surface area contributed by atoms with Gasteiger partial charge in [-0.3, -0.25) is 4.57 Å². The molecule has 0 saturated carbocycles. The van der Waals surface area contributed by atoms with Crippen LogP contribution >= 0.6 is 15.9 Å². The van der Waals surface area contributed by atoms with E-state index >= 15 is 0 Å². The second-order valence-electron chi connectivity index (χ2n) is 8.71. The molecule has 156 valence electrons. The van der Waals surface area contributed by atoms with Crippen LogP contribution < -0.4 is 4.90 Å². The van der Waals surface area contributed by atoms with E-state index in [-0.39, 0.29) is 0 Å². The van der Waals surface area contributed by atoms with Crippen LogP contribution in [0.15, 0.2) is 22.7 Å². The van der Waals surface area contributed by atoms with E-state index < -0.39 is 0 Å². The summed E-state index contributed by atoms with van der Waals surface area (Å²) in [5, 5.41) is 10.3. The monoisotopic (exact) mass is 464 g/mol. The Morgan fingerprint density at radius 2 is 1.70 bits per heavy atom. The molecule has 4 nitrogen and oxygen atoms in total. The molecule has 0 bridgehead atoms. The van der Waals surface area contributed by atoms with E-state index in [0.29, 0.717) is 12.3 Å². The molecule has 0 amide bonds. The van der Waals surface area contributed by atoms with E-state index in [1.807, 2.05) is 0 Å². The van der Waals surface area contributed by atoms with Crippen LogP contribution in [0, 0.1) is 51.9 Å². The average molecular weight is 465 g/mol. The van der Waals surface area contributed by atoms with E-state index in [1.54, 1.807) is 0 Å². The zero-order valence-corrected chi connectivity index (χ0v) is 20.1. The van der Waals surface area contributed by atoms with Crippen molar-refractivity contribution in [1.82, 2.24) is 9.55 Å². The fourth-order valence-electron chi connectivity index (χ4n) is 4.95. The Morgan fingerprint density at radius 1 is 1.07 bits per heavy atom. The second-order valence-corrected chi connectivity index (χ2v) is 9.62. The van der Waals surface area contributed by atoms with Crippen LogP contribution in [0.1, 0.15) is 47.3 Å². The van der Waals surface area contributed by atoms with Crippen molar-refractivity contribution in [2.24, 2.45) is 5.92 Å². The summed E-state index contributed by atoms with van der Waals surface area (Å²) in [7, 11) is 0. The molecule has 1 saturated heterocycles. The molecule has 0 atom stereocenters. The molecule has 1 aliphatic heterocycles. The summed E-state index contributed by atoms with van der Waals surface area (Å²) in [6, 6.07) is 8.95. The molecule has 3 heterocycles. The highest BCUT2D eigenvalue weighted by Gasteiger charge is 2.25. The minimum Gasteiger partial charge on any atom is -0.371 e. The van der Waals surface area contributed by atoms with Crippen molar-refractivity contribution in [3.05, 3.63) is 50.8 Å². The largest absolute Gasteiger partial charge is 0.371 e. The van der Waals surface area contributed by atoms with Gasteiger partial charge in [0.05, 0.1) is 11.8 Å². The number of hydrogen-bond donors (Lipinski definition) is 0. The van der Waals surface area contributed by atoms with Crippen molar-refractivity contribution in [1.29, 1.82) is 5.26 Å². The molecular weight excluding hydrogens is 436 g/mol. The Bertz CT molecular complexity index is 1140. The van der Waals surface area contributed by atoms with Crippen molar-refractivity contribution in [3.8, 4) is 11.8 Å². The summed E-state index contributed by atoms with van der Waals surface area (Å²) in [4.78, 5) is 7.52. The van der Waals surface area contributed by atoms with Crippen molar-refractivity contribution < 1.29 is 0 Å². The van der Waals surface area contributed by atoms with Gasteiger partial charge in [0, 0.05) is 46.4 Å². The van der Waals surface area contributed by atoms with Crippen LogP contribution in [0.4, 0.5) is 5.69 Å². The molecule has 2 aromatic heterocycles. The minimum atomic E-state index is 0.533. The van der Waals surface area contributed by atoms with Gasteiger partial charge in [0.1, 0.15) is 5.65 Å². The maximum absolute atomic E-state index is 9.04. The van der Waals surface area contributed by atoms with Gasteiger partial charge in [-0.15, -0.1) is 0 Å². The molecule has 4 rings (SSSR count). The number of halogens is 1. The number of anilines is 1. The number of nitriles is 1. The molecular formula is C25H29BrN4. The van der Waals surface area contributed by atoms with Crippen LogP contribution in [-0.4, -0.2) is 22.6 Å². The number of aryl methyl sites for hydroxylation is 4. The van der Waals surface area contributed by atoms with E-state index in [4.69, 9.17) is 10.2 Å². The highest BCUT2D eigenvalue weighted by atomic mass is 79.9. The van der Waals surface area contributed by atoms with E-state index in [9.17, 15) is 0 Å². The van der Waals surface area contributed by atoms with Crippen LogP contribution in [0.3, 0.4) is 0 Å². The predicted octanol–water partition coefficient (Wildman–Crippen LogP) is 6.46. The van der Waals surface area contributed by atoms with Gasteiger partial charge in [-0.25, -0.2) is 4.98 Å². The van der Waals surface area contributed by atoms with E-state index in [2.05, 4.69) is 84.3 Å². The van der Waals surface area contributed by atoms with Gasteiger partial charge >= 0.3 is 0 Å². The molecule has 1 aliphatic rings. The third-order valence-electron chi connectivity index (χ3n) is 6.59. The fraction of sp³-hybridized carbons (Fsp3) is 0.440. The first-order chi connectivity index (χ1) is 14.3. The molecule has 0 radical (unpaired) electrons. The van der Waals surface area contributed by atoms with E-state index in [1.165, 1.54) is 39.1 Å². The Balaban J connectivity index is 1.89. The van der Waals surface area contributed by atoms with Gasteiger partial charge in [0.15, 0.2) is 0 Å². The standard InChI is InChI=1S/C25H29BrN4/c1-15-12-21(26)13-16(2)24(15)30-19(5)18(4)23-22(14-17(3)28-25(23)30)29-10-7-20(6-9-27)8-11-29/h12-14,20H,6-8,10-11H2,1-5H3. The number of pyridine rings is 1. The second kappa shape index (κ2) is 8.07. The lowest BCUT2D eigenvalue weighted by atomic mass is 9.93. The van der Waals surface area contributed by atoms with Gasteiger partial charge in [-0.05, 0) is 88.3 Å². The number of benzene rings is 1. The number of piperidine rings is 1. The Labute approximate surface area is 187 Å². The van der Waals surface area contributed by atoms with Crippen molar-refractivity contribution in [2.75, 3.05) is 18.0 Å². The predicted molar refractivity (Wildman–Crippen MR) is 128 cm³/mol. The van der Waals surface area contributed by atoms with Crippen LogP contribution in [-0.2, 0) is 0 Å². The lowest BCUT2D eigenvalue weighted by Crippen LogP contribution is -2.33. The molecule has 0 unspecified atom stereocenters. The lowest BCUT2D eigenvalue weighted by Gasteiger charge is -2.33. The smallest absolute Gasteiger partial charge is 0.147 e. The van der Waals surface area contributed by atoms with Crippen molar-refractivity contribution in [3.63, 3.8) is 0 Å². The summed E-state index contributed by atoms with van der Waals surface area (Å²) in [6.07, 6.45) is 2.84. The van der Waals surface area contributed by atoms with Crippen molar-refractivity contribution in [2.45, 2.75) is 53.9 Å². The molecule has 0 spiro atoms. The minimum absolute atomic E-state index is 0.533. The van der Waals surface area contributed by atoms with Gasteiger partial charge in [0.2, 0.25) is 0 Å². The molecule has 1 fully saturated rings. The molecule has 0 N–H and O–H groups in total. The average Bonchev–Trinajstić information content (AvgIpc) is 2.92. The third-order valence-corrected chi connectivity index (χ3v) is 7.04. The number of rotatable bonds is 3. The Kier molecular flexibility index (Phi) is 5.63. The lowest BCUT2D eigenvalue weighted by molar-refractivity contribution is 0.413. The summed E-state index contributed by atoms with van der Waals surface area (Å²) in [6.45, 7) is 12.9. The maximum atomic E-state index is 9.04. The summed E-state index contributed by atoms with van der Waals surface area (Å²) < 4.78 is 3.46. The highest BCUT2D eigenvalue weighted by Crippen LogP contribution is 2.38. The van der Waals surface area contributed by atoms with E-state index in [0.717, 1.165) is 41.7 Å². The number of fused-ring (bicyclic) bond motifs is 1. The molecule has 1 aromatic carbocycles. The number of aromatic nitrogens is 2. The Hall–Kier alpha value is -2.32. The van der Waals surface area contributed by atoms with Gasteiger partial charge in [-0.2, -0.15) is 5.26 Å². The zero-order valence-electron chi connectivity index (χ0n) is 18.5. The highest BCUT2D eigenvalue weighted by molar-refractivity contribution is 9.10. The fourth-order valence-corrected chi connectivity index (χ4v) is 5.64. The normalized spacial score (nSPS) is 15.0. The topological polar surface area (TPSA) is 44.9 Å². The van der Waals surface area contributed by atoms with Gasteiger partial charge in [-0.1, -0.05) is 15.9 Å². The first-order valence-electron chi connectivity index (χ1n) is 10.7. The first kappa shape index (κ1) is 20.9. The molecule has 5 heteroatoms. The van der Waals surface area contributed by atoms with Crippen LogP contribution in [0.2, 0.25) is 0 Å². The van der Waals surface area contributed by atoms with Crippen LogP contribution in [0.5, 0.6) is 0 Å². The third kappa shape index (κ3) is 3.52.